The fourth-order valence-electron chi connectivity index (χ4n) is 2.82. The van der Waals surface area contributed by atoms with E-state index in [1.54, 1.807) is 17.7 Å². The van der Waals surface area contributed by atoms with Crippen LogP contribution in [0.1, 0.15) is 18.9 Å². The summed E-state index contributed by atoms with van der Waals surface area (Å²) in [5, 5.41) is 0.206. The number of ether oxygens (including phenoxy) is 2. The second-order valence-corrected chi connectivity index (χ2v) is 5.48. The molecule has 2 aromatic rings. The molecule has 0 aliphatic carbocycles. The van der Waals surface area contributed by atoms with Crippen LogP contribution in [0.3, 0.4) is 0 Å². The number of nitrogens with zero attached hydrogens (tertiary/aromatic N) is 2. The molecule has 0 bridgehead atoms. The van der Waals surface area contributed by atoms with Gasteiger partial charge in [-0.25, -0.2) is 4.79 Å². The summed E-state index contributed by atoms with van der Waals surface area (Å²) in [5.41, 5.74) is 2.53. The number of hydrogen-bond acceptors (Lipinski definition) is 4. The van der Waals surface area contributed by atoms with Crippen LogP contribution >= 0.6 is 11.6 Å². The highest BCUT2D eigenvalue weighted by molar-refractivity contribution is 6.29. The third kappa shape index (κ3) is 2.57. The van der Waals surface area contributed by atoms with Crippen molar-refractivity contribution in [1.82, 2.24) is 9.55 Å². The summed E-state index contributed by atoms with van der Waals surface area (Å²) < 4.78 is 12.7. The van der Waals surface area contributed by atoms with Gasteiger partial charge in [0.15, 0.2) is 11.5 Å². The molecule has 0 amide bonds. The molecule has 0 radical (unpaired) electrons. The van der Waals surface area contributed by atoms with E-state index >= 15 is 0 Å². The zero-order chi connectivity index (χ0) is 15.7. The normalized spacial score (nSPS) is 13.0. The van der Waals surface area contributed by atoms with Gasteiger partial charge in [-0.15, -0.1) is 0 Å². The van der Waals surface area contributed by atoms with Crippen molar-refractivity contribution in [3.05, 3.63) is 39.4 Å². The minimum absolute atomic E-state index is 0.206. The number of aryl methyl sites for hydroxylation is 1. The molecule has 0 saturated heterocycles. The highest BCUT2D eigenvalue weighted by Crippen LogP contribution is 2.38. The van der Waals surface area contributed by atoms with Crippen molar-refractivity contribution in [2.45, 2.75) is 26.3 Å². The van der Waals surface area contributed by atoms with Gasteiger partial charge in [0.1, 0.15) is 5.15 Å². The Morgan fingerprint density at radius 3 is 2.86 bits per heavy atom. The van der Waals surface area contributed by atoms with Crippen LogP contribution in [0.4, 0.5) is 0 Å². The molecule has 0 fully saturated rings. The van der Waals surface area contributed by atoms with E-state index in [2.05, 4.69) is 4.98 Å². The molecular formula is C16H17ClN2O3. The van der Waals surface area contributed by atoms with E-state index in [-0.39, 0.29) is 10.8 Å². The second-order valence-electron chi connectivity index (χ2n) is 5.10. The maximum atomic E-state index is 12.1. The number of rotatable bonds is 3. The largest absolute Gasteiger partial charge is 0.493 e. The van der Waals surface area contributed by atoms with Gasteiger partial charge in [0.25, 0.3) is 0 Å². The number of hydrogen-bond donors (Lipinski definition) is 0. The van der Waals surface area contributed by atoms with Gasteiger partial charge in [-0.3, -0.25) is 4.57 Å². The first-order chi connectivity index (χ1) is 10.6. The lowest BCUT2D eigenvalue weighted by Gasteiger charge is -2.15. The zero-order valence-corrected chi connectivity index (χ0v) is 13.3. The monoisotopic (exact) mass is 320 g/mol. The van der Waals surface area contributed by atoms with Crippen molar-refractivity contribution in [3.8, 4) is 22.8 Å². The van der Waals surface area contributed by atoms with Crippen LogP contribution in [-0.4, -0.2) is 23.3 Å². The van der Waals surface area contributed by atoms with E-state index in [0.717, 1.165) is 35.4 Å². The Balaban J connectivity index is 2.26. The average Bonchev–Trinajstić information content (AvgIpc) is 2.66. The second kappa shape index (κ2) is 6.01. The fourth-order valence-corrected chi connectivity index (χ4v) is 3.00. The van der Waals surface area contributed by atoms with Gasteiger partial charge in [0.05, 0.1) is 19.4 Å². The molecule has 0 unspecified atom stereocenters. The van der Waals surface area contributed by atoms with Crippen LogP contribution in [0.2, 0.25) is 5.15 Å². The van der Waals surface area contributed by atoms with Gasteiger partial charge in [0.2, 0.25) is 0 Å². The number of benzene rings is 1. The Kier molecular flexibility index (Phi) is 4.07. The molecule has 6 heteroatoms. The van der Waals surface area contributed by atoms with E-state index in [1.165, 1.54) is 0 Å². The van der Waals surface area contributed by atoms with Gasteiger partial charge in [-0.05, 0) is 37.5 Å². The van der Waals surface area contributed by atoms with Gasteiger partial charge in [-0.1, -0.05) is 11.6 Å². The molecular weight excluding hydrogens is 304 g/mol. The molecule has 22 heavy (non-hydrogen) atoms. The molecule has 116 valence electrons. The lowest BCUT2D eigenvalue weighted by atomic mass is 10.0. The van der Waals surface area contributed by atoms with Crippen molar-refractivity contribution in [2.24, 2.45) is 0 Å². The van der Waals surface area contributed by atoms with E-state index in [9.17, 15) is 4.79 Å². The van der Waals surface area contributed by atoms with Crippen LogP contribution in [0.15, 0.2) is 23.0 Å². The highest BCUT2D eigenvalue weighted by Gasteiger charge is 2.20. The maximum Gasteiger partial charge on any atom is 0.349 e. The van der Waals surface area contributed by atoms with E-state index in [4.69, 9.17) is 21.1 Å². The van der Waals surface area contributed by atoms with Crippen molar-refractivity contribution in [1.29, 1.82) is 0 Å². The zero-order valence-electron chi connectivity index (χ0n) is 12.6. The first-order valence-electron chi connectivity index (χ1n) is 7.25. The van der Waals surface area contributed by atoms with Crippen LogP contribution < -0.4 is 15.2 Å². The Labute approximate surface area is 133 Å². The van der Waals surface area contributed by atoms with Crippen molar-refractivity contribution >= 4 is 11.6 Å². The third-order valence-corrected chi connectivity index (χ3v) is 3.97. The van der Waals surface area contributed by atoms with Crippen LogP contribution in [0.25, 0.3) is 11.3 Å². The topological polar surface area (TPSA) is 53.4 Å². The quantitative estimate of drug-likeness (QED) is 0.816. The predicted molar refractivity (Wildman–Crippen MR) is 85.0 cm³/mol. The summed E-state index contributed by atoms with van der Waals surface area (Å²) in [7, 11) is 1.60. The molecule has 0 atom stereocenters. The molecule has 3 rings (SSSR count). The third-order valence-electron chi connectivity index (χ3n) is 3.77. The fraction of sp³-hybridized carbons (Fsp3) is 0.375. The van der Waals surface area contributed by atoms with Gasteiger partial charge in [0, 0.05) is 18.2 Å². The summed E-state index contributed by atoms with van der Waals surface area (Å²) >= 11 is 5.98. The Bertz CT molecular complexity index is 771. The van der Waals surface area contributed by atoms with Crippen molar-refractivity contribution in [2.75, 3.05) is 13.7 Å². The standard InChI is InChI=1S/C16H17ClN2O3/c1-3-22-14-7-10-5-4-6-19-12(9-15(17)18-16(19)20)11(10)8-13(14)21-2/h7-9H,3-6H2,1-2H3. The smallest absolute Gasteiger partial charge is 0.349 e. The van der Waals surface area contributed by atoms with E-state index in [1.807, 2.05) is 19.1 Å². The minimum atomic E-state index is -0.316. The van der Waals surface area contributed by atoms with Gasteiger partial charge in [-0.2, -0.15) is 4.98 Å². The van der Waals surface area contributed by atoms with Crippen molar-refractivity contribution in [3.63, 3.8) is 0 Å². The van der Waals surface area contributed by atoms with Crippen LogP contribution in [-0.2, 0) is 13.0 Å². The summed E-state index contributed by atoms with van der Waals surface area (Å²) in [4.78, 5) is 15.9. The van der Waals surface area contributed by atoms with Crippen molar-refractivity contribution < 1.29 is 9.47 Å². The lowest BCUT2D eigenvalue weighted by Crippen LogP contribution is -2.24. The number of methoxy groups -OCH3 is 1. The summed E-state index contributed by atoms with van der Waals surface area (Å²) in [5.74, 6) is 1.37. The van der Waals surface area contributed by atoms with Crippen LogP contribution in [0.5, 0.6) is 11.5 Å². The van der Waals surface area contributed by atoms with Crippen LogP contribution in [0, 0.1) is 0 Å². The lowest BCUT2D eigenvalue weighted by molar-refractivity contribution is 0.310. The SMILES string of the molecule is CCOc1cc2c(cc1OC)-c1cc(Cl)nc(=O)n1CCC2. The molecule has 1 aromatic heterocycles. The molecule has 2 heterocycles. The summed E-state index contributed by atoms with van der Waals surface area (Å²) in [6, 6.07) is 5.63. The molecule has 1 aliphatic rings. The van der Waals surface area contributed by atoms with Gasteiger partial charge < -0.3 is 9.47 Å². The molecule has 0 saturated carbocycles. The molecule has 1 aromatic carbocycles. The predicted octanol–water partition coefficient (Wildman–Crippen LogP) is 2.92. The Morgan fingerprint density at radius 2 is 2.14 bits per heavy atom. The molecule has 1 aliphatic heterocycles. The average molecular weight is 321 g/mol. The number of halogens is 1. The first-order valence-corrected chi connectivity index (χ1v) is 7.63. The van der Waals surface area contributed by atoms with E-state index < -0.39 is 0 Å². The Morgan fingerprint density at radius 1 is 1.32 bits per heavy atom. The first kappa shape index (κ1) is 14.9. The van der Waals surface area contributed by atoms with E-state index in [0.29, 0.717) is 18.9 Å². The minimum Gasteiger partial charge on any atom is -0.493 e. The highest BCUT2D eigenvalue weighted by atomic mass is 35.5. The summed E-state index contributed by atoms with van der Waals surface area (Å²) in [6.07, 6.45) is 1.72. The number of aromatic nitrogens is 2. The molecule has 5 nitrogen and oxygen atoms in total. The Hall–Kier alpha value is -2.01. The molecule has 0 N–H and O–H groups in total. The molecule has 0 spiro atoms. The van der Waals surface area contributed by atoms with Gasteiger partial charge >= 0.3 is 5.69 Å². The summed E-state index contributed by atoms with van der Waals surface area (Å²) in [6.45, 7) is 3.13. The maximum absolute atomic E-state index is 12.1. The number of fused-ring (bicyclic) bond motifs is 3.